The van der Waals surface area contributed by atoms with E-state index >= 15 is 0 Å². The first-order chi connectivity index (χ1) is 15.5. The Kier molecular flexibility index (Phi) is 6.01. The predicted octanol–water partition coefficient (Wildman–Crippen LogP) is 3.89. The van der Waals surface area contributed by atoms with Gasteiger partial charge in [0, 0.05) is 24.3 Å². The van der Waals surface area contributed by atoms with Crippen LogP contribution in [0.1, 0.15) is 45.2 Å². The van der Waals surface area contributed by atoms with Crippen LogP contribution in [-0.2, 0) is 0 Å². The highest BCUT2D eigenvalue weighted by molar-refractivity contribution is 6.00. The zero-order valence-electron chi connectivity index (χ0n) is 18.3. The lowest BCUT2D eigenvalue weighted by molar-refractivity contribution is 0.0732. The molecule has 1 unspecified atom stereocenters. The normalized spacial score (nSPS) is 15.2. The number of nitrogens with one attached hydrogen (secondary N) is 1. The summed E-state index contributed by atoms with van der Waals surface area (Å²) in [5, 5.41) is 27.5. The van der Waals surface area contributed by atoms with Crippen molar-refractivity contribution in [3.8, 4) is 22.8 Å². The fraction of sp³-hybridized carbons (Fsp3) is 0.280. The second-order valence-corrected chi connectivity index (χ2v) is 7.99. The minimum atomic E-state index is -0.426. The molecule has 0 spiro atoms. The van der Waals surface area contributed by atoms with Crippen LogP contribution in [0.25, 0.3) is 11.3 Å². The molecule has 7 nitrogen and oxygen atoms in total. The highest BCUT2D eigenvalue weighted by Crippen LogP contribution is 2.45. The van der Waals surface area contributed by atoms with E-state index in [1.165, 1.54) is 0 Å². The third-order valence-corrected chi connectivity index (χ3v) is 5.66. The Bertz CT molecular complexity index is 1170. The van der Waals surface area contributed by atoms with Crippen LogP contribution in [0.3, 0.4) is 0 Å². The first kappa shape index (κ1) is 21.6. The van der Waals surface area contributed by atoms with Gasteiger partial charge in [-0.25, -0.2) is 0 Å². The van der Waals surface area contributed by atoms with Crippen LogP contribution in [0.15, 0.2) is 49.1 Å². The number of amides is 1. The number of aliphatic hydroxyl groups is 1. The van der Waals surface area contributed by atoms with Crippen molar-refractivity contribution in [3.63, 3.8) is 0 Å². The van der Waals surface area contributed by atoms with E-state index < -0.39 is 6.04 Å². The summed E-state index contributed by atoms with van der Waals surface area (Å²) in [7, 11) is 0. The SMILES string of the molecule is C=CCOc1cccc(C2c3c(-c4cc(C)cc(C)c4O)n[nH]c3C(=O)N2CCCO)c1. The Morgan fingerprint density at radius 2 is 2.09 bits per heavy atom. The van der Waals surface area contributed by atoms with E-state index in [0.717, 1.165) is 16.7 Å². The number of carbonyl (C=O) groups excluding carboxylic acids is 1. The van der Waals surface area contributed by atoms with E-state index in [0.29, 0.717) is 47.8 Å². The smallest absolute Gasteiger partial charge is 0.273 e. The Balaban J connectivity index is 1.87. The first-order valence-corrected chi connectivity index (χ1v) is 10.6. The topological polar surface area (TPSA) is 98.7 Å². The molecule has 0 saturated heterocycles. The van der Waals surface area contributed by atoms with E-state index in [2.05, 4.69) is 16.8 Å². The maximum atomic E-state index is 13.3. The number of fused-ring (bicyclic) bond motifs is 1. The minimum Gasteiger partial charge on any atom is -0.507 e. The van der Waals surface area contributed by atoms with E-state index in [-0.39, 0.29) is 18.3 Å². The van der Waals surface area contributed by atoms with Gasteiger partial charge in [-0.15, -0.1) is 0 Å². The van der Waals surface area contributed by atoms with Gasteiger partial charge in [0.2, 0.25) is 0 Å². The molecule has 32 heavy (non-hydrogen) atoms. The summed E-state index contributed by atoms with van der Waals surface area (Å²) in [4.78, 5) is 15.0. The summed E-state index contributed by atoms with van der Waals surface area (Å²) in [5.41, 5.74) is 4.85. The minimum absolute atomic E-state index is 0.0180. The number of aromatic amines is 1. The van der Waals surface area contributed by atoms with Gasteiger partial charge in [-0.3, -0.25) is 9.89 Å². The molecule has 1 aliphatic rings. The molecule has 2 aromatic carbocycles. The fourth-order valence-corrected chi connectivity index (χ4v) is 4.29. The van der Waals surface area contributed by atoms with Crippen LogP contribution in [0.4, 0.5) is 0 Å². The molecule has 0 radical (unpaired) electrons. The number of rotatable bonds is 8. The number of aromatic hydroxyl groups is 1. The largest absolute Gasteiger partial charge is 0.507 e. The van der Waals surface area contributed by atoms with E-state index in [1.807, 2.05) is 50.2 Å². The predicted molar refractivity (Wildman–Crippen MR) is 122 cm³/mol. The molecule has 0 saturated carbocycles. The Morgan fingerprint density at radius 1 is 1.28 bits per heavy atom. The van der Waals surface area contributed by atoms with Crippen LogP contribution in [-0.4, -0.2) is 51.0 Å². The van der Waals surface area contributed by atoms with Gasteiger partial charge in [-0.1, -0.05) is 30.9 Å². The van der Waals surface area contributed by atoms with Crippen LogP contribution in [0.2, 0.25) is 0 Å². The number of phenols is 1. The number of carbonyl (C=O) groups is 1. The quantitative estimate of drug-likeness (QED) is 0.468. The molecule has 0 bridgehead atoms. The van der Waals surface area contributed by atoms with Crippen LogP contribution in [0, 0.1) is 13.8 Å². The zero-order chi connectivity index (χ0) is 22.8. The Morgan fingerprint density at radius 3 is 2.84 bits per heavy atom. The molecular weight excluding hydrogens is 406 g/mol. The maximum absolute atomic E-state index is 13.3. The van der Waals surface area contributed by atoms with Gasteiger partial charge in [0.05, 0.1) is 6.04 Å². The third-order valence-electron chi connectivity index (χ3n) is 5.66. The number of H-pyrrole nitrogens is 1. The summed E-state index contributed by atoms with van der Waals surface area (Å²) in [6.45, 7) is 8.23. The van der Waals surface area contributed by atoms with Crippen molar-refractivity contribution in [3.05, 3.63) is 77.0 Å². The number of ether oxygens (including phenoxy) is 1. The number of hydrogen-bond donors (Lipinski definition) is 3. The van der Waals surface area contributed by atoms with E-state index in [4.69, 9.17) is 4.74 Å². The number of hydrogen-bond acceptors (Lipinski definition) is 5. The van der Waals surface area contributed by atoms with Crippen LogP contribution < -0.4 is 4.74 Å². The molecule has 0 aliphatic carbocycles. The number of benzene rings is 2. The average Bonchev–Trinajstić information content (AvgIpc) is 3.32. The van der Waals surface area contributed by atoms with Gasteiger partial charge in [-0.2, -0.15) is 5.10 Å². The fourth-order valence-electron chi connectivity index (χ4n) is 4.29. The van der Waals surface area contributed by atoms with E-state index in [9.17, 15) is 15.0 Å². The van der Waals surface area contributed by atoms with Gasteiger partial charge in [0.25, 0.3) is 5.91 Å². The summed E-state index contributed by atoms with van der Waals surface area (Å²) in [6, 6.07) is 10.9. The lowest BCUT2D eigenvalue weighted by Crippen LogP contribution is -2.31. The standard InChI is InChI=1S/C25H27N3O4/c1-4-11-32-18-8-5-7-17(14-18)23-20-21(19-13-15(2)12-16(3)24(19)30)26-27-22(20)25(31)28(23)9-6-10-29/h4-5,7-8,12-14,23,29-30H,1,6,9-11H2,2-3H3,(H,26,27). The van der Waals surface area contributed by atoms with Crippen LogP contribution in [0.5, 0.6) is 11.5 Å². The molecule has 1 atom stereocenters. The average molecular weight is 434 g/mol. The molecule has 7 heteroatoms. The Hall–Kier alpha value is -3.58. The van der Waals surface area contributed by atoms with Crippen molar-refractivity contribution >= 4 is 5.91 Å². The number of phenolic OH excluding ortho intramolecular Hbond substituents is 1. The van der Waals surface area contributed by atoms with Crippen molar-refractivity contribution in [2.75, 3.05) is 19.8 Å². The molecule has 4 rings (SSSR count). The molecule has 3 aromatic rings. The van der Waals surface area contributed by atoms with Gasteiger partial charge in [0.1, 0.15) is 29.5 Å². The summed E-state index contributed by atoms with van der Waals surface area (Å²) >= 11 is 0. The molecule has 2 heterocycles. The number of aromatic nitrogens is 2. The highest BCUT2D eigenvalue weighted by Gasteiger charge is 2.42. The summed E-state index contributed by atoms with van der Waals surface area (Å²) in [6.07, 6.45) is 2.13. The zero-order valence-corrected chi connectivity index (χ0v) is 18.3. The van der Waals surface area contributed by atoms with Crippen molar-refractivity contribution in [2.24, 2.45) is 0 Å². The maximum Gasteiger partial charge on any atom is 0.273 e. The second-order valence-electron chi connectivity index (χ2n) is 7.99. The lowest BCUT2D eigenvalue weighted by Gasteiger charge is -2.26. The number of aryl methyl sites for hydroxylation is 2. The van der Waals surface area contributed by atoms with Gasteiger partial charge < -0.3 is 19.8 Å². The summed E-state index contributed by atoms with van der Waals surface area (Å²) in [5.74, 6) is 0.635. The van der Waals surface area contributed by atoms with Gasteiger partial charge in [-0.05, 0) is 55.2 Å². The van der Waals surface area contributed by atoms with Crippen molar-refractivity contribution in [1.29, 1.82) is 0 Å². The molecular formula is C25H27N3O4. The Labute approximate surface area is 187 Å². The summed E-state index contributed by atoms with van der Waals surface area (Å²) < 4.78 is 5.71. The van der Waals surface area contributed by atoms with Crippen molar-refractivity contribution in [2.45, 2.75) is 26.3 Å². The van der Waals surface area contributed by atoms with Crippen molar-refractivity contribution in [1.82, 2.24) is 15.1 Å². The van der Waals surface area contributed by atoms with Gasteiger partial charge >= 0.3 is 0 Å². The number of nitrogens with zero attached hydrogens (tertiary/aromatic N) is 2. The number of aliphatic hydroxyl groups excluding tert-OH is 1. The molecule has 1 amide bonds. The molecule has 0 fully saturated rings. The molecule has 166 valence electrons. The first-order valence-electron chi connectivity index (χ1n) is 10.6. The lowest BCUT2D eigenvalue weighted by atomic mass is 9.94. The highest BCUT2D eigenvalue weighted by atomic mass is 16.5. The molecule has 3 N–H and O–H groups in total. The monoisotopic (exact) mass is 433 g/mol. The van der Waals surface area contributed by atoms with Gasteiger partial charge in [0.15, 0.2) is 0 Å². The van der Waals surface area contributed by atoms with E-state index in [1.54, 1.807) is 11.0 Å². The molecule has 1 aromatic heterocycles. The third kappa shape index (κ3) is 3.76. The van der Waals surface area contributed by atoms with Crippen LogP contribution >= 0.6 is 0 Å². The second kappa shape index (κ2) is 8.88. The molecule has 1 aliphatic heterocycles. The van der Waals surface area contributed by atoms with Crippen molar-refractivity contribution < 1.29 is 19.7 Å².